The van der Waals surface area contributed by atoms with E-state index < -0.39 is 28.4 Å². The highest BCUT2D eigenvalue weighted by Gasteiger charge is 2.33. The molecule has 0 bridgehead atoms. The van der Waals surface area contributed by atoms with Crippen molar-refractivity contribution in [3.05, 3.63) is 87.2 Å². The number of nitrogens with one attached hydrogen (secondary N) is 2. The molecular weight excluding hydrogens is 553 g/mol. The van der Waals surface area contributed by atoms with E-state index in [1.807, 2.05) is 12.1 Å². The molecule has 0 spiro atoms. The largest absolute Gasteiger partial charge is 0.496 e. The summed E-state index contributed by atoms with van der Waals surface area (Å²) in [5.41, 5.74) is 0.959. The van der Waals surface area contributed by atoms with Gasteiger partial charge in [0.1, 0.15) is 17.4 Å². The second kappa shape index (κ2) is 11.9. The smallest absolute Gasteiger partial charge is 0.416 e. The van der Waals surface area contributed by atoms with Crippen molar-refractivity contribution in [2.75, 3.05) is 31.8 Å². The van der Waals surface area contributed by atoms with Gasteiger partial charge in [-0.2, -0.15) is 13.2 Å². The van der Waals surface area contributed by atoms with E-state index in [2.05, 4.69) is 20.6 Å². The maximum Gasteiger partial charge on any atom is 0.416 e. The van der Waals surface area contributed by atoms with Gasteiger partial charge in [-0.15, -0.1) is 0 Å². The number of amides is 1. The SMILES string of the molecule is COc1ccc(Nc2ccc3nc(C)nc(N[C@H](C)c4cc([N+](=O)[O-])cc(C(F)(F)F)c4)c3c2)cc1CC(=O)N(C)C. The van der Waals surface area contributed by atoms with Crippen LogP contribution in [-0.4, -0.2) is 46.9 Å². The van der Waals surface area contributed by atoms with Crippen molar-refractivity contribution in [2.45, 2.75) is 32.5 Å². The van der Waals surface area contributed by atoms with Gasteiger partial charge < -0.3 is 20.3 Å². The molecule has 0 fully saturated rings. The minimum atomic E-state index is -4.75. The summed E-state index contributed by atoms with van der Waals surface area (Å²) in [4.78, 5) is 33.2. The highest BCUT2D eigenvalue weighted by molar-refractivity contribution is 5.92. The fourth-order valence-electron chi connectivity index (χ4n) is 4.36. The van der Waals surface area contributed by atoms with Crippen molar-refractivity contribution < 1.29 is 27.6 Å². The van der Waals surface area contributed by atoms with Crippen LogP contribution in [0.2, 0.25) is 0 Å². The third kappa shape index (κ3) is 6.85. The van der Waals surface area contributed by atoms with Gasteiger partial charge in [-0.1, -0.05) is 0 Å². The number of nitro benzene ring substituents is 1. The standard InChI is InChI=1S/C29H29F3N6O4/c1-16(18-10-20(29(30,31)32)14-23(12-18)38(40)41)33-28-24-15-22(6-8-25(24)34-17(2)35-28)36-21-7-9-26(42-5)19(11-21)13-27(39)37(3)4/h6-12,14-16,36H,13H2,1-5H3,(H,33,34,35)/t16-/m1/s1. The number of nitro groups is 1. The van der Waals surface area contributed by atoms with Crippen LogP contribution in [0.4, 0.5) is 36.1 Å². The summed E-state index contributed by atoms with van der Waals surface area (Å²) >= 11 is 0. The fraction of sp³-hybridized carbons (Fsp3) is 0.276. The maximum absolute atomic E-state index is 13.5. The lowest BCUT2D eigenvalue weighted by molar-refractivity contribution is -0.385. The molecule has 4 rings (SSSR count). The number of methoxy groups -OCH3 is 1. The zero-order valence-corrected chi connectivity index (χ0v) is 23.5. The highest BCUT2D eigenvalue weighted by atomic mass is 19.4. The number of rotatable bonds is 9. The minimum absolute atomic E-state index is 0.0771. The second-order valence-corrected chi connectivity index (χ2v) is 9.90. The first-order valence-electron chi connectivity index (χ1n) is 12.8. The third-order valence-electron chi connectivity index (χ3n) is 6.55. The Bertz CT molecular complexity index is 1660. The number of non-ortho nitro benzene ring substituents is 1. The van der Waals surface area contributed by atoms with E-state index in [1.165, 1.54) is 12.0 Å². The predicted molar refractivity (Wildman–Crippen MR) is 153 cm³/mol. The van der Waals surface area contributed by atoms with E-state index in [1.54, 1.807) is 52.2 Å². The van der Waals surface area contributed by atoms with Gasteiger partial charge in [0.2, 0.25) is 5.91 Å². The first kappa shape index (κ1) is 30.0. The van der Waals surface area contributed by atoms with Gasteiger partial charge in [0, 0.05) is 48.6 Å². The van der Waals surface area contributed by atoms with E-state index in [-0.39, 0.29) is 17.9 Å². The molecule has 1 aromatic heterocycles. The molecule has 13 heteroatoms. The molecule has 0 saturated heterocycles. The quantitative estimate of drug-likeness (QED) is 0.171. The van der Waals surface area contributed by atoms with Crippen molar-refractivity contribution in [3.8, 4) is 5.75 Å². The molecule has 4 aromatic rings. The van der Waals surface area contributed by atoms with Crippen LogP contribution in [0.15, 0.2) is 54.6 Å². The van der Waals surface area contributed by atoms with Crippen LogP contribution in [0, 0.1) is 17.0 Å². The van der Waals surface area contributed by atoms with Crippen LogP contribution in [0.25, 0.3) is 10.9 Å². The number of alkyl halides is 3. The number of fused-ring (bicyclic) bond motifs is 1. The maximum atomic E-state index is 13.5. The molecule has 1 heterocycles. The Balaban J connectivity index is 1.68. The highest BCUT2D eigenvalue weighted by Crippen LogP contribution is 2.35. The van der Waals surface area contributed by atoms with Crippen molar-refractivity contribution in [3.63, 3.8) is 0 Å². The summed E-state index contributed by atoms with van der Waals surface area (Å²) < 4.78 is 45.8. The number of halogens is 3. The fourth-order valence-corrected chi connectivity index (χ4v) is 4.36. The normalized spacial score (nSPS) is 12.1. The molecule has 1 atom stereocenters. The molecule has 0 radical (unpaired) electrons. The molecule has 0 saturated carbocycles. The van der Waals surface area contributed by atoms with E-state index in [0.717, 1.165) is 12.1 Å². The van der Waals surface area contributed by atoms with E-state index in [0.29, 0.717) is 51.3 Å². The average molecular weight is 583 g/mol. The number of anilines is 3. The number of aryl methyl sites for hydroxylation is 1. The van der Waals surface area contributed by atoms with Crippen LogP contribution in [0.5, 0.6) is 5.75 Å². The van der Waals surface area contributed by atoms with Gasteiger partial charge in [0.25, 0.3) is 5.69 Å². The number of likely N-dealkylation sites (N-methyl/N-ethyl adjacent to an activating group) is 1. The van der Waals surface area contributed by atoms with Crippen LogP contribution in [0.3, 0.4) is 0 Å². The molecular formula is C29H29F3N6O4. The van der Waals surface area contributed by atoms with Crippen molar-refractivity contribution in [1.82, 2.24) is 14.9 Å². The Kier molecular flexibility index (Phi) is 8.50. The minimum Gasteiger partial charge on any atom is -0.496 e. The molecule has 10 nitrogen and oxygen atoms in total. The molecule has 1 amide bonds. The van der Waals surface area contributed by atoms with Crippen LogP contribution >= 0.6 is 0 Å². The lowest BCUT2D eigenvalue weighted by Crippen LogP contribution is -2.23. The third-order valence-corrected chi connectivity index (χ3v) is 6.55. The summed E-state index contributed by atoms with van der Waals surface area (Å²) in [6, 6.07) is 12.5. The molecule has 0 aliphatic carbocycles. The zero-order valence-electron chi connectivity index (χ0n) is 23.5. The van der Waals surface area contributed by atoms with Crippen molar-refractivity contribution in [1.29, 1.82) is 0 Å². The number of hydrogen-bond acceptors (Lipinski definition) is 8. The van der Waals surface area contributed by atoms with Crippen LogP contribution < -0.4 is 15.4 Å². The summed E-state index contributed by atoms with van der Waals surface area (Å²) in [5.74, 6) is 1.27. The Morgan fingerprint density at radius 2 is 1.76 bits per heavy atom. The number of aromatic nitrogens is 2. The zero-order chi connectivity index (χ0) is 30.8. The van der Waals surface area contributed by atoms with Crippen LogP contribution in [-0.2, 0) is 17.4 Å². The first-order chi connectivity index (χ1) is 19.7. The number of carbonyl (C=O) groups is 1. The van der Waals surface area contributed by atoms with Crippen molar-refractivity contribution >= 4 is 39.7 Å². The Morgan fingerprint density at radius 1 is 1.07 bits per heavy atom. The molecule has 3 aromatic carbocycles. The summed E-state index contributed by atoms with van der Waals surface area (Å²) in [6.45, 7) is 3.28. The van der Waals surface area contributed by atoms with Gasteiger partial charge in [-0.3, -0.25) is 14.9 Å². The lowest BCUT2D eigenvalue weighted by atomic mass is 10.0. The summed E-state index contributed by atoms with van der Waals surface area (Å²) in [6.07, 6.45) is -4.60. The first-order valence-corrected chi connectivity index (χ1v) is 12.8. The van der Waals surface area contributed by atoms with E-state index in [4.69, 9.17) is 4.74 Å². The van der Waals surface area contributed by atoms with Gasteiger partial charge in [0.05, 0.1) is 35.6 Å². The Morgan fingerprint density at radius 3 is 2.40 bits per heavy atom. The topological polar surface area (TPSA) is 123 Å². The monoisotopic (exact) mass is 582 g/mol. The molecule has 0 aliphatic heterocycles. The number of benzene rings is 3. The molecule has 0 unspecified atom stereocenters. The van der Waals surface area contributed by atoms with E-state index >= 15 is 0 Å². The number of ether oxygens (including phenoxy) is 1. The van der Waals surface area contributed by atoms with Gasteiger partial charge in [-0.05, 0) is 61.9 Å². The van der Waals surface area contributed by atoms with Gasteiger partial charge in [-0.25, -0.2) is 9.97 Å². The number of hydrogen-bond donors (Lipinski definition) is 2. The lowest BCUT2D eigenvalue weighted by Gasteiger charge is -2.19. The number of carbonyl (C=O) groups excluding carboxylic acids is 1. The van der Waals surface area contributed by atoms with Crippen LogP contribution in [0.1, 0.15) is 35.5 Å². The summed E-state index contributed by atoms with van der Waals surface area (Å²) in [5, 5.41) is 18.3. The molecule has 0 aliphatic rings. The van der Waals surface area contributed by atoms with Crippen molar-refractivity contribution in [2.24, 2.45) is 0 Å². The average Bonchev–Trinajstić information content (AvgIpc) is 2.92. The van der Waals surface area contributed by atoms with E-state index in [9.17, 15) is 28.1 Å². The number of nitrogens with zero attached hydrogens (tertiary/aromatic N) is 4. The molecule has 2 N–H and O–H groups in total. The molecule has 220 valence electrons. The Labute approximate surface area is 239 Å². The predicted octanol–water partition coefficient (Wildman–Crippen LogP) is 6.42. The van der Waals surface area contributed by atoms with Gasteiger partial charge in [0.15, 0.2) is 0 Å². The Hall–Kier alpha value is -4.94. The second-order valence-electron chi connectivity index (χ2n) is 9.90. The summed E-state index contributed by atoms with van der Waals surface area (Å²) in [7, 11) is 4.89. The molecule has 42 heavy (non-hydrogen) atoms. The van der Waals surface area contributed by atoms with Gasteiger partial charge >= 0.3 is 6.18 Å².